The van der Waals surface area contributed by atoms with Crippen molar-refractivity contribution in [2.45, 2.75) is 83.1 Å². The zero-order valence-electron chi connectivity index (χ0n) is 39.1. The van der Waals surface area contributed by atoms with Crippen LogP contribution in [0.3, 0.4) is 0 Å². The van der Waals surface area contributed by atoms with E-state index < -0.39 is 18.1 Å². The Morgan fingerprint density at radius 2 is 1.65 bits per heavy atom. The van der Waals surface area contributed by atoms with E-state index in [1.807, 2.05) is 87.8 Å². The number of thiazole rings is 1. The standard InChI is InChI=1S/C50H58N10O8S/c1-29(2)46(50(64)59-27-37(61)22-41(59)49(63)54-30(3)32-9-11-33(12-10-32)47-31(4)53-28-69-47)43-24-45(57-68-43)67-20-18-65-17-19-66-44-21-34(15-16-52-44)60-35-13-14-36(60)26-58(25-35)40-23-39(55-56-48(40)51)38-7-5-6-8-42(38)62/h5-12,15-16,21,23-24,28-30,35-37,41,46,61-62H,13-14,17-20,22,25-27H2,1-4H3,(H2,51,56)(H,54,63)/t30-,35?,36?,37+,41-,46+/m0/s1. The number of likely N-dealkylation sites (tertiary alicyclic amines) is 1. The van der Waals surface area contributed by atoms with Gasteiger partial charge in [0, 0.05) is 67.7 Å². The quantitative estimate of drug-likeness (QED) is 0.0708. The fraction of sp³-hybridized carbons (Fsp3) is 0.420. The number of piperazine rings is 1. The van der Waals surface area contributed by atoms with Gasteiger partial charge < -0.3 is 54.7 Å². The van der Waals surface area contributed by atoms with Crippen molar-refractivity contribution in [3.05, 3.63) is 102 Å². The van der Waals surface area contributed by atoms with Gasteiger partial charge in [0.15, 0.2) is 11.6 Å². The molecular weight excluding hydrogens is 901 g/mol. The highest BCUT2D eigenvalue weighted by atomic mass is 32.1. The predicted octanol–water partition coefficient (Wildman–Crippen LogP) is 6.16. The van der Waals surface area contributed by atoms with Crippen LogP contribution in [0.2, 0.25) is 0 Å². The number of hydrogen-bond donors (Lipinski definition) is 4. The lowest BCUT2D eigenvalue weighted by Crippen LogP contribution is -2.54. The number of carbonyl (C=O) groups excluding carboxylic acids is 2. The van der Waals surface area contributed by atoms with Crippen LogP contribution in [0.25, 0.3) is 21.7 Å². The van der Waals surface area contributed by atoms with Crippen molar-refractivity contribution in [2.75, 3.05) is 61.6 Å². The maximum Gasteiger partial charge on any atom is 0.254 e. The number of benzene rings is 2. The van der Waals surface area contributed by atoms with Crippen LogP contribution in [0.15, 0.2) is 89.0 Å². The molecule has 7 heterocycles. The van der Waals surface area contributed by atoms with Crippen LogP contribution in [0.1, 0.15) is 69.0 Å². The van der Waals surface area contributed by atoms with Crippen LogP contribution in [-0.2, 0) is 14.3 Å². The summed E-state index contributed by atoms with van der Waals surface area (Å²) in [5.41, 5.74) is 14.2. The normalized spacial score (nSPS) is 19.8. The van der Waals surface area contributed by atoms with Crippen LogP contribution in [0.4, 0.5) is 17.2 Å². The number of aromatic hydroxyl groups is 1. The van der Waals surface area contributed by atoms with Crippen molar-refractivity contribution in [2.24, 2.45) is 5.92 Å². The second-order valence-corrected chi connectivity index (χ2v) is 19.0. The van der Waals surface area contributed by atoms with E-state index in [9.17, 15) is 19.8 Å². The Morgan fingerprint density at radius 1 is 0.913 bits per heavy atom. The van der Waals surface area contributed by atoms with Gasteiger partial charge in [0.1, 0.15) is 30.9 Å². The molecule has 6 aromatic rings. The number of carbonyl (C=O) groups is 2. The molecule has 2 aromatic carbocycles. The van der Waals surface area contributed by atoms with E-state index in [1.54, 1.807) is 35.7 Å². The van der Waals surface area contributed by atoms with Gasteiger partial charge in [-0.25, -0.2) is 9.97 Å². The van der Waals surface area contributed by atoms with Crippen LogP contribution in [0.5, 0.6) is 17.5 Å². The number of nitrogens with zero attached hydrogens (tertiary/aromatic N) is 8. The molecular formula is C50H58N10O8S. The Labute approximate surface area is 404 Å². The van der Waals surface area contributed by atoms with E-state index >= 15 is 0 Å². The van der Waals surface area contributed by atoms with Crippen LogP contribution in [0, 0.1) is 12.8 Å². The largest absolute Gasteiger partial charge is 0.507 e. The fourth-order valence-electron chi connectivity index (χ4n) is 9.74. The van der Waals surface area contributed by atoms with E-state index in [0.29, 0.717) is 35.3 Å². The number of nitrogen functional groups attached to an aromatic ring is 1. The predicted molar refractivity (Wildman–Crippen MR) is 260 cm³/mol. The number of aromatic nitrogens is 5. The van der Waals surface area contributed by atoms with E-state index in [4.69, 9.17) is 24.5 Å². The maximum absolute atomic E-state index is 14.2. The Bertz CT molecular complexity index is 2720. The molecule has 3 aliphatic heterocycles. The molecule has 0 aliphatic carbocycles. The molecule has 362 valence electrons. The first-order valence-corrected chi connectivity index (χ1v) is 24.3. The summed E-state index contributed by atoms with van der Waals surface area (Å²) in [4.78, 5) is 43.9. The van der Waals surface area contributed by atoms with E-state index in [-0.39, 0.29) is 80.3 Å². The Morgan fingerprint density at radius 3 is 2.36 bits per heavy atom. The van der Waals surface area contributed by atoms with E-state index in [0.717, 1.165) is 59.0 Å². The minimum atomic E-state index is -0.850. The van der Waals surface area contributed by atoms with Crippen molar-refractivity contribution in [3.63, 3.8) is 0 Å². The third-order valence-corrected chi connectivity index (χ3v) is 14.1. The number of aliphatic hydroxyl groups excluding tert-OH is 1. The molecule has 2 unspecified atom stereocenters. The number of anilines is 3. The van der Waals surface area contributed by atoms with Gasteiger partial charge in [-0.15, -0.1) is 21.5 Å². The van der Waals surface area contributed by atoms with Crippen LogP contribution < -0.4 is 30.3 Å². The number of phenols is 1. The van der Waals surface area contributed by atoms with Crippen LogP contribution in [-0.4, -0.2) is 123 Å². The molecule has 3 fully saturated rings. The molecule has 2 bridgehead atoms. The number of phenolic OH excluding ortho intramolecular Hbond substituents is 1. The number of β-amino-alcohol motifs (C(OH)–C–C–N with tert-alkyl or cyclic N) is 1. The maximum atomic E-state index is 14.2. The van der Waals surface area contributed by atoms with Crippen LogP contribution >= 0.6 is 11.3 Å². The van der Waals surface area contributed by atoms with Gasteiger partial charge in [0.25, 0.3) is 5.88 Å². The summed E-state index contributed by atoms with van der Waals surface area (Å²) < 4.78 is 23.2. The van der Waals surface area contributed by atoms with Gasteiger partial charge in [0.05, 0.1) is 52.8 Å². The molecule has 19 heteroatoms. The number of hydrogen-bond acceptors (Lipinski definition) is 17. The number of pyridine rings is 1. The Hall–Kier alpha value is -6.83. The summed E-state index contributed by atoms with van der Waals surface area (Å²) in [6.07, 6.45) is 3.11. The molecule has 0 saturated carbocycles. The zero-order chi connectivity index (χ0) is 48.2. The number of aryl methyl sites for hydroxylation is 1. The number of nitrogens with two attached hydrogens (primary N) is 1. The van der Waals surface area contributed by atoms with Crippen molar-refractivity contribution in [3.8, 4) is 39.2 Å². The average Bonchev–Trinajstić information content (AvgIpc) is 4.15. The third-order valence-electron chi connectivity index (χ3n) is 13.2. The van der Waals surface area contributed by atoms with Crippen molar-refractivity contribution in [1.29, 1.82) is 0 Å². The van der Waals surface area contributed by atoms with E-state index in [1.165, 1.54) is 4.90 Å². The zero-order valence-corrected chi connectivity index (χ0v) is 39.9. The molecule has 5 N–H and O–H groups in total. The van der Waals surface area contributed by atoms with Gasteiger partial charge in [-0.05, 0) is 73.2 Å². The summed E-state index contributed by atoms with van der Waals surface area (Å²) in [7, 11) is 0. The molecule has 3 aliphatic rings. The third kappa shape index (κ3) is 10.4. The first-order chi connectivity index (χ1) is 33.4. The second kappa shape index (κ2) is 20.8. The second-order valence-electron chi connectivity index (χ2n) is 18.2. The molecule has 0 radical (unpaired) electrons. The van der Waals surface area contributed by atoms with Gasteiger partial charge in [-0.3, -0.25) is 9.59 Å². The lowest BCUT2D eigenvalue weighted by Gasteiger charge is -2.43. The lowest BCUT2D eigenvalue weighted by atomic mass is 9.91. The van der Waals surface area contributed by atoms with Gasteiger partial charge >= 0.3 is 0 Å². The van der Waals surface area contributed by atoms with Crippen molar-refractivity contribution in [1.82, 2.24) is 35.5 Å². The number of aliphatic hydroxyl groups is 1. The van der Waals surface area contributed by atoms with Crippen molar-refractivity contribution >= 4 is 40.3 Å². The van der Waals surface area contributed by atoms with Gasteiger partial charge in [0.2, 0.25) is 17.7 Å². The fourth-order valence-corrected chi connectivity index (χ4v) is 10.6. The SMILES string of the molecule is Cc1ncsc1-c1ccc([C@H](C)NC(=O)[C@@H]2C[C@@H](O)CN2C(=O)[C@@H](c2cc(OCCOCCOc3cc(N4C5CCC4CN(c4cc(-c6ccccc6O)nnc4N)C5)ccn3)no2)C(C)C)cc1. The molecule has 3 saturated heterocycles. The molecule has 4 aromatic heterocycles. The Kier molecular flexibility index (Phi) is 14.2. The summed E-state index contributed by atoms with van der Waals surface area (Å²) in [5, 5.41) is 36.7. The number of rotatable bonds is 18. The number of amides is 2. The first kappa shape index (κ1) is 47.2. The molecule has 69 heavy (non-hydrogen) atoms. The average molecular weight is 959 g/mol. The molecule has 18 nitrogen and oxygen atoms in total. The minimum absolute atomic E-state index is 0.0306. The number of fused-ring (bicyclic) bond motifs is 2. The summed E-state index contributed by atoms with van der Waals surface area (Å²) in [6, 6.07) is 21.9. The van der Waals surface area contributed by atoms with Gasteiger partial charge in [-0.2, -0.15) is 0 Å². The van der Waals surface area contributed by atoms with E-state index in [2.05, 4.69) is 40.4 Å². The minimum Gasteiger partial charge on any atom is -0.507 e. The lowest BCUT2D eigenvalue weighted by molar-refractivity contribution is -0.141. The molecule has 0 spiro atoms. The summed E-state index contributed by atoms with van der Waals surface area (Å²) >= 11 is 1.58. The topological polar surface area (TPSA) is 228 Å². The van der Waals surface area contributed by atoms with Gasteiger partial charge in [-0.1, -0.05) is 50.2 Å². The first-order valence-electron chi connectivity index (χ1n) is 23.4. The molecule has 9 rings (SSSR count). The number of ether oxygens (including phenoxy) is 3. The molecule has 2 amide bonds. The highest BCUT2D eigenvalue weighted by Crippen LogP contribution is 2.40. The summed E-state index contributed by atoms with van der Waals surface area (Å²) in [5.74, 6) is -0.111. The highest BCUT2D eigenvalue weighted by molar-refractivity contribution is 7.13. The Balaban J connectivity index is 0.724. The monoisotopic (exact) mass is 958 g/mol. The van der Waals surface area contributed by atoms with Crippen molar-refractivity contribution < 1.29 is 38.5 Å². The molecule has 6 atom stereocenters. The summed E-state index contributed by atoms with van der Waals surface area (Å²) in [6.45, 7) is 10.2. The number of nitrogens with one attached hydrogen (secondary N) is 1. The smallest absolute Gasteiger partial charge is 0.254 e. The number of para-hydroxylation sites is 1. The highest BCUT2D eigenvalue weighted by Gasteiger charge is 2.44.